The van der Waals surface area contributed by atoms with Crippen LogP contribution in [-0.4, -0.2) is 31.1 Å². The van der Waals surface area contributed by atoms with Gasteiger partial charge in [-0.2, -0.15) is 4.72 Å². The van der Waals surface area contributed by atoms with Crippen LogP contribution in [0.4, 0.5) is 0 Å². The molecule has 2 N–H and O–H groups in total. The summed E-state index contributed by atoms with van der Waals surface area (Å²) in [7, 11) is -3.89. The van der Waals surface area contributed by atoms with E-state index in [2.05, 4.69) is 4.72 Å². The number of aliphatic carboxylic acids is 1. The summed E-state index contributed by atoms with van der Waals surface area (Å²) in [6.45, 7) is 7.16. The van der Waals surface area contributed by atoms with Crippen LogP contribution < -0.4 is 9.46 Å². The highest BCUT2D eigenvalue weighted by Crippen LogP contribution is 2.36. The summed E-state index contributed by atoms with van der Waals surface area (Å²) in [6.07, 6.45) is 0.609. The number of hydrogen-bond acceptors (Lipinski definition) is 4. The zero-order valence-electron chi connectivity index (χ0n) is 13.1. The molecule has 0 aliphatic carbocycles. The molecule has 6 nitrogen and oxygen atoms in total. The molecule has 0 saturated heterocycles. The lowest BCUT2D eigenvalue weighted by Gasteiger charge is -2.18. The maximum absolute atomic E-state index is 12.4. The predicted molar refractivity (Wildman–Crippen MR) is 81.4 cm³/mol. The molecule has 0 spiro atoms. The second-order valence-electron chi connectivity index (χ2n) is 6.49. The topological polar surface area (TPSA) is 92.7 Å². The van der Waals surface area contributed by atoms with Crippen LogP contribution in [0.1, 0.15) is 33.3 Å². The molecule has 22 heavy (non-hydrogen) atoms. The van der Waals surface area contributed by atoms with E-state index in [1.165, 1.54) is 6.07 Å². The first-order valence-electron chi connectivity index (χ1n) is 7.09. The van der Waals surface area contributed by atoms with Crippen molar-refractivity contribution >= 4 is 16.0 Å². The third-order valence-corrected chi connectivity index (χ3v) is 5.00. The number of nitrogens with one attached hydrogen (secondary N) is 1. The summed E-state index contributed by atoms with van der Waals surface area (Å²) >= 11 is 0. The highest BCUT2D eigenvalue weighted by atomic mass is 32.2. The third-order valence-electron chi connectivity index (χ3n) is 3.56. The minimum atomic E-state index is -3.89. The molecule has 122 valence electrons. The minimum Gasteiger partial charge on any atom is -0.487 e. The molecule has 7 heteroatoms. The molecule has 1 aliphatic rings. The van der Waals surface area contributed by atoms with Crippen LogP contribution in [-0.2, 0) is 21.2 Å². The Bertz CT molecular complexity index is 694. The molecule has 1 unspecified atom stereocenters. The fourth-order valence-electron chi connectivity index (χ4n) is 2.46. The fraction of sp³-hybridized carbons (Fsp3) is 0.533. The Morgan fingerprint density at radius 1 is 1.36 bits per heavy atom. The molecule has 0 fully saturated rings. The molecule has 0 bridgehead atoms. The van der Waals surface area contributed by atoms with Gasteiger partial charge in [-0.25, -0.2) is 8.42 Å². The molecule has 0 aromatic heterocycles. The number of carbonyl (C=O) groups is 1. The lowest BCUT2D eigenvalue weighted by atomic mass is 10.0. The first kappa shape index (κ1) is 16.8. The van der Waals surface area contributed by atoms with Crippen LogP contribution >= 0.6 is 0 Å². The van der Waals surface area contributed by atoms with Crippen LogP contribution in [0.15, 0.2) is 23.1 Å². The Balaban J connectivity index is 2.30. The van der Waals surface area contributed by atoms with Crippen molar-refractivity contribution in [2.45, 2.75) is 50.7 Å². The smallest absolute Gasteiger partial charge is 0.322 e. The first-order valence-corrected chi connectivity index (χ1v) is 8.57. The molecule has 1 aromatic rings. The van der Waals surface area contributed by atoms with E-state index in [1.54, 1.807) is 26.0 Å². The first-order chi connectivity index (χ1) is 10.0. The summed E-state index contributed by atoms with van der Waals surface area (Å²) < 4.78 is 32.8. The van der Waals surface area contributed by atoms with Crippen molar-refractivity contribution in [3.05, 3.63) is 23.8 Å². The maximum Gasteiger partial charge on any atom is 0.322 e. The van der Waals surface area contributed by atoms with Gasteiger partial charge in [-0.05, 0) is 43.5 Å². The van der Waals surface area contributed by atoms with Gasteiger partial charge in [0, 0.05) is 6.42 Å². The quantitative estimate of drug-likeness (QED) is 0.860. The third kappa shape index (κ3) is 3.41. The number of fused-ring (bicyclic) bond motifs is 1. The number of ether oxygens (including phenoxy) is 1. The highest BCUT2D eigenvalue weighted by molar-refractivity contribution is 7.89. The molecule has 1 aliphatic heterocycles. The molecular formula is C15H21NO5S. The van der Waals surface area contributed by atoms with Gasteiger partial charge in [-0.3, -0.25) is 4.79 Å². The zero-order chi connectivity index (χ0) is 16.7. The van der Waals surface area contributed by atoms with Crippen LogP contribution in [0, 0.1) is 5.92 Å². The molecule has 1 aromatic carbocycles. The van der Waals surface area contributed by atoms with E-state index in [1.807, 2.05) is 13.8 Å². The summed E-state index contributed by atoms with van der Waals surface area (Å²) in [5.41, 5.74) is 0.448. The minimum absolute atomic E-state index is 0.0550. The van der Waals surface area contributed by atoms with Crippen molar-refractivity contribution in [1.29, 1.82) is 0 Å². The summed E-state index contributed by atoms with van der Waals surface area (Å²) in [4.78, 5) is 11.2. The Labute approximate surface area is 130 Å². The van der Waals surface area contributed by atoms with E-state index in [0.717, 1.165) is 5.56 Å². The molecule has 0 amide bonds. The lowest BCUT2D eigenvalue weighted by Crippen LogP contribution is -2.44. The van der Waals surface area contributed by atoms with Gasteiger partial charge in [0.05, 0.1) is 4.90 Å². The number of rotatable bonds is 5. The molecule has 0 radical (unpaired) electrons. The predicted octanol–water partition coefficient (Wildman–Crippen LogP) is 1.79. The van der Waals surface area contributed by atoms with Crippen molar-refractivity contribution < 1.29 is 23.1 Å². The van der Waals surface area contributed by atoms with E-state index >= 15 is 0 Å². The van der Waals surface area contributed by atoms with Crippen molar-refractivity contribution in [3.8, 4) is 5.75 Å². The SMILES string of the molecule is CC(C)C(NS(=O)(=O)c1ccc2c(c1)CC(C)(C)O2)C(=O)O. The van der Waals surface area contributed by atoms with Gasteiger partial charge >= 0.3 is 5.97 Å². The van der Waals surface area contributed by atoms with Crippen molar-refractivity contribution in [2.75, 3.05) is 0 Å². The standard InChI is InChI=1S/C15H21NO5S/c1-9(2)13(14(17)18)16-22(19,20)11-5-6-12-10(7-11)8-15(3,4)21-12/h5-7,9,13,16H,8H2,1-4H3,(H,17,18). The second-order valence-corrected chi connectivity index (χ2v) is 8.20. The molecular weight excluding hydrogens is 306 g/mol. The van der Waals surface area contributed by atoms with Gasteiger partial charge in [0.1, 0.15) is 17.4 Å². The number of carboxylic acid groups (broad SMARTS) is 1. The molecule has 0 saturated carbocycles. The van der Waals surface area contributed by atoms with Gasteiger partial charge in [-0.15, -0.1) is 0 Å². The summed E-state index contributed by atoms with van der Waals surface area (Å²) in [5, 5.41) is 9.13. The van der Waals surface area contributed by atoms with Gasteiger partial charge in [-0.1, -0.05) is 13.8 Å². The lowest BCUT2D eigenvalue weighted by molar-refractivity contribution is -0.140. The Morgan fingerprint density at radius 2 is 2.00 bits per heavy atom. The zero-order valence-corrected chi connectivity index (χ0v) is 13.9. The van der Waals surface area contributed by atoms with Crippen LogP contribution in [0.5, 0.6) is 5.75 Å². The number of hydrogen-bond donors (Lipinski definition) is 2. The van der Waals surface area contributed by atoms with Crippen molar-refractivity contribution in [3.63, 3.8) is 0 Å². The van der Waals surface area contributed by atoms with Gasteiger partial charge in [0.2, 0.25) is 10.0 Å². The monoisotopic (exact) mass is 327 g/mol. The number of sulfonamides is 1. The second kappa shape index (κ2) is 5.55. The van der Waals surface area contributed by atoms with Gasteiger partial charge in [0.25, 0.3) is 0 Å². The average Bonchev–Trinajstić information content (AvgIpc) is 2.67. The Morgan fingerprint density at radius 3 is 2.55 bits per heavy atom. The number of benzene rings is 1. The van der Waals surface area contributed by atoms with E-state index in [4.69, 9.17) is 9.84 Å². The molecule has 1 atom stereocenters. The van der Waals surface area contributed by atoms with Crippen molar-refractivity contribution in [2.24, 2.45) is 5.92 Å². The van der Waals surface area contributed by atoms with Crippen LogP contribution in [0.25, 0.3) is 0 Å². The van der Waals surface area contributed by atoms with Gasteiger partial charge in [0.15, 0.2) is 0 Å². The maximum atomic E-state index is 12.4. The Hall–Kier alpha value is -1.60. The largest absolute Gasteiger partial charge is 0.487 e. The summed E-state index contributed by atoms with van der Waals surface area (Å²) in [6, 6.07) is 3.43. The normalized spacial score (nSPS) is 17.9. The molecule has 2 rings (SSSR count). The van der Waals surface area contributed by atoms with E-state index in [0.29, 0.717) is 12.2 Å². The fourth-order valence-corrected chi connectivity index (χ4v) is 3.85. The molecule has 1 heterocycles. The average molecular weight is 327 g/mol. The van der Waals surface area contributed by atoms with Crippen LogP contribution in [0.3, 0.4) is 0 Å². The van der Waals surface area contributed by atoms with E-state index in [9.17, 15) is 13.2 Å². The van der Waals surface area contributed by atoms with Crippen LogP contribution in [0.2, 0.25) is 0 Å². The van der Waals surface area contributed by atoms with Gasteiger partial charge < -0.3 is 9.84 Å². The Kier molecular flexibility index (Phi) is 4.23. The summed E-state index contributed by atoms with van der Waals surface area (Å²) in [5.74, 6) is -0.879. The highest BCUT2D eigenvalue weighted by Gasteiger charge is 2.32. The number of carboxylic acids is 1. The van der Waals surface area contributed by atoms with Crippen molar-refractivity contribution in [1.82, 2.24) is 4.72 Å². The van der Waals surface area contributed by atoms with E-state index < -0.39 is 22.0 Å². The van der Waals surface area contributed by atoms with E-state index in [-0.39, 0.29) is 16.4 Å².